The van der Waals surface area contributed by atoms with Crippen LogP contribution in [-0.4, -0.2) is 33.2 Å². The number of ether oxygens (including phenoxy) is 1. The van der Waals surface area contributed by atoms with Crippen molar-refractivity contribution in [2.75, 3.05) is 11.9 Å². The van der Waals surface area contributed by atoms with Crippen molar-refractivity contribution in [2.24, 2.45) is 0 Å². The summed E-state index contributed by atoms with van der Waals surface area (Å²) in [6.45, 7) is 2.74. The molecule has 0 spiro atoms. The van der Waals surface area contributed by atoms with Crippen molar-refractivity contribution in [1.29, 1.82) is 0 Å². The number of nitrogens with one attached hydrogen (secondary N) is 2. The summed E-state index contributed by atoms with van der Waals surface area (Å²) >= 11 is 0. The van der Waals surface area contributed by atoms with Crippen LogP contribution in [0, 0.1) is 0 Å². The minimum absolute atomic E-state index is 0.0413. The molecule has 124 valence electrons. The highest BCUT2D eigenvalue weighted by atomic mass is 16.5. The molecule has 0 fully saturated rings. The van der Waals surface area contributed by atoms with Crippen LogP contribution in [0.15, 0.2) is 18.2 Å². The van der Waals surface area contributed by atoms with E-state index >= 15 is 0 Å². The number of hydrogen-bond donors (Lipinski definition) is 2. The number of amides is 2. The summed E-state index contributed by atoms with van der Waals surface area (Å²) in [7, 11) is 0. The fraction of sp³-hybridized carbons (Fsp3) is 0.375. The number of benzene rings is 1. The number of aryl methyl sites for hydroxylation is 1. The molecule has 1 aromatic carbocycles. The number of fused-ring (bicyclic) bond motifs is 2. The van der Waals surface area contributed by atoms with Crippen LogP contribution in [0.5, 0.6) is 5.75 Å². The van der Waals surface area contributed by atoms with E-state index in [2.05, 4.69) is 25.4 Å². The Hall–Kier alpha value is -2.90. The van der Waals surface area contributed by atoms with Crippen molar-refractivity contribution >= 4 is 17.5 Å². The van der Waals surface area contributed by atoms with E-state index in [1.807, 2.05) is 6.92 Å². The molecular formula is C16H17N5O3. The Balaban J connectivity index is 1.51. The topological polar surface area (TPSA) is 98.1 Å². The first-order chi connectivity index (χ1) is 11.6. The second kappa shape index (κ2) is 5.63. The molecule has 2 N–H and O–H groups in total. The van der Waals surface area contributed by atoms with Crippen LogP contribution in [-0.2, 0) is 17.8 Å². The number of aromatic nitrogens is 3. The van der Waals surface area contributed by atoms with E-state index < -0.39 is 0 Å². The molecule has 2 aliphatic heterocycles. The van der Waals surface area contributed by atoms with Gasteiger partial charge >= 0.3 is 0 Å². The van der Waals surface area contributed by atoms with Crippen molar-refractivity contribution in [3.8, 4) is 5.75 Å². The number of anilines is 1. The zero-order chi connectivity index (χ0) is 16.7. The summed E-state index contributed by atoms with van der Waals surface area (Å²) in [5.74, 6) is 1.83. The largest absolute Gasteiger partial charge is 0.482 e. The highest BCUT2D eigenvalue weighted by Crippen LogP contribution is 2.28. The van der Waals surface area contributed by atoms with Crippen LogP contribution in [0.1, 0.15) is 41.4 Å². The predicted octanol–water partition coefficient (Wildman–Crippen LogP) is 1.05. The van der Waals surface area contributed by atoms with Gasteiger partial charge in [0.2, 0.25) is 0 Å². The second-order valence-electron chi connectivity index (χ2n) is 5.97. The summed E-state index contributed by atoms with van der Waals surface area (Å²) in [4.78, 5) is 23.8. The Morgan fingerprint density at radius 3 is 3.17 bits per heavy atom. The van der Waals surface area contributed by atoms with Gasteiger partial charge in [-0.15, -0.1) is 10.2 Å². The van der Waals surface area contributed by atoms with Crippen molar-refractivity contribution in [3.63, 3.8) is 0 Å². The molecule has 24 heavy (non-hydrogen) atoms. The third-order valence-electron chi connectivity index (χ3n) is 4.25. The highest BCUT2D eigenvalue weighted by Gasteiger charge is 2.23. The van der Waals surface area contributed by atoms with Gasteiger partial charge in [-0.1, -0.05) is 0 Å². The van der Waals surface area contributed by atoms with Crippen LogP contribution in [0.2, 0.25) is 0 Å². The average molecular weight is 327 g/mol. The van der Waals surface area contributed by atoms with Gasteiger partial charge in [-0.2, -0.15) is 0 Å². The van der Waals surface area contributed by atoms with Gasteiger partial charge in [0, 0.05) is 18.5 Å². The van der Waals surface area contributed by atoms with E-state index in [-0.39, 0.29) is 24.5 Å². The lowest BCUT2D eigenvalue weighted by atomic mass is 10.1. The molecule has 0 saturated heterocycles. The van der Waals surface area contributed by atoms with Crippen LogP contribution < -0.4 is 15.4 Å². The number of carbonyl (C=O) groups is 2. The van der Waals surface area contributed by atoms with Gasteiger partial charge in [-0.3, -0.25) is 9.59 Å². The predicted molar refractivity (Wildman–Crippen MR) is 84.8 cm³/mol. The van der Waals surface area contributed by atoms with Gasteiger partial charge < -0.3 is 19.9 Å². The van der Waals surface area contributed by atoms with E-state index in [1.165, 1.54) is 0 Å². The fourth-order valence-electron chi connectivity index (χ4n) is 3.05. The Morgan fingerprint density at radius 1 is 1.42 bits per heavy atom. The van der Waals surface area contributed by atoms with Gasteiger partial charge in [0.25, 0.3) is 11.8 Å². The summed E-state index contributed by atoms with van der Waals surface area (Å²) in [6, 6.07) is 4.71. The number of carbonyl (C=O) groups excluding carboxylic acids is 2. The maximum absolute atomic E-state index is 12.5. The van der Waals surface area contributed by atoms with Gasteiger partial charge in [-0.25, -0.2) is 0 Å². The van der Waals surface area contributed by atoms with E-state index in [4.69, 9.17) is 4.74 Å². The normalized spacial score (nSPS) is 16.6. The van der Waals surface area contributed by atoms with E-state index in [1.54, 1.807) is 18.2 Å². The highest BCUT2D eigenvalue weighted by molar-refractivity contribution is 5.99. The second-order valence-corrected chi connectivity index (χ2v) is 5.97. The molecule has 2 aromatic rings. The molecule has 8 nitrogen and oxygen atoms in total. The summed E-state index contributed by atoms with van der Waals surface area (Å²) in [6.07, 6.45) is 1.99. The number of hydrogen-bond acceptors (Lipinski definition) is 5. The molecule has 0 saturated carbocycles. The zero-order valence-electron chi connectivity index (χ0n) is 13.2. The quantitative estimate of drug-likeness (QED) is 0.878. The summed E-state index contributed by atoms with van der Waals surface area (Å²) in [5.41, 5.74) is 1.05. The van der Waals surface area contributed by atoms with Crippen LogP contribution in [0.4, 0.5) is 5.69 Å². The average Bonchev–Trinajstić information content (AvgIpc) is 3.17. The van der Waals surface area contributed by atoms with Crippen LogP contribution in [0.3, 0.4) is 0 Å². The maximum Gasteiger partial charge on any atom is 0.262 e. The first kappa shape index (κ1) is 14.7. The molecule has 1 aromatic heterocycles. The maximum atomic E-state index is 12.5. The van der Waals surface area contributed by atoms with Crippen molar-refractivity contribution in [3.05, 3.63) is 35.4 Å². The molecule has 0 bridgehead atoms. The smallest absolute Gasteiger partial charge is 0.262 e. The molecule has 0 unspecified atom stereocenters. The summed E-state index contributed by atoms with van der Waals surface area (Å²) in [5, 5.41) is 14.0. The third-order valence-corrected chi connectivity index (χ3v) is 4.25. The Bertz CT molecular complexity index is 829. The van der Waals surface area contributed by atoms with Gasteiger partial charge in [0.05, 0.1) is 11.7 Å². The van der Waals surface area contributed by atoms with E-state index in [0.717, 1.165) is 31.0 Å². The summed E-state index contributed by atoms with van der Waals surface area (Å²) < 4.78 is 7.41. The minimum atomic E-state index is -0.242. The molecule has 2 aliphatic rings. The zero-order valence-corrected chi connectivity index (χ0v) is 13.2. The van der Waals surface area contributed by atoms with Gasteiger partial charge in [0.15, 0.2) is 12.4 Å². The van der Waals surface area contributed by atoms with Crippen LogP contribution in [0.25, 0.3) is 0 Å². The molecule has 1 atom stereocenters. The molecule has 4 rings (SSSR count). The number of nitrogens with zero attached hydrogens (tertiary/aromatic N) is 3. The standard InChI is InChI=1S/C16H17N5O3/c1-9(15-20-19-13-3-2-6-21(13)15)17-16(23)10-4-5-11-12(7-10)24-8-14(22)18-11/h4-5,7,9H,2-3,6,8H2,1H3,(H,17,23)(H,18,22)/t9-/m0/s1. The van der Waals surface area contributed by atoms with Gasteiger partial charge in [-0.05, 0) is 31.5 Å². The van der Waals surface area contributed by atoms with Crippen molar-refractivity contribution in [2.45, 2.75) is 32.4 Å². The Kier molecular flexibility index (Phi) is 3.44. The lowest BCUT2D eigenvalue weighted by molar-refractivity contribution is -0.118. The lowest BCUT2D eigenvalue weighted by Gasteiger charge is -2.19. The molecule has 8 heteroatoms. The molecule has 3 heterocycles. The first-order valence-corrected chi connectivity index (χ1v) is 7.91. The molecule has 0 radical (unpaired) electrons. The van der Waals surface area contributed by atoms with E-state index in [9.17, 15) is 9.59 Å². The first-order valence-electron chi connectivity index (χ1n) is 7.91. The van der Waals surface area contributed by atoms with Crippen molar-refractivity contribution < 1.29 is 14.3 Å². The van der Waals surface area contributed by atoms with Crippen molar-refractivity contribution in [1.82, 2.24) is 20.1 Å². The molecular weight excluding hydrogens is 310 g/mol. The molecule has 0 aliphatic carbocycles. The fourth-order valence-corrected chi connectivity index (χ4v) is 3.05. The Labute approximate surface area is 138 Å². The van der Waals surface area contributed by atoms with Crippen LogP contribution >= 0.6 is 0 Å². The third kappa shape index (κ3) is 2.49. The number of rotatable bonds is 3. The lowest BCUT2D eigenvalue weighted by Crippen LogP contribution is -2.29. The SMILES string of the molecule is C[C@H](NC(=O)c1ccc2c(c1)OCC(=O)N2)c1nnc2n1CCC2. The van der Waals surface area contributed by atoms with Gasteiger partial charge in [0.1, 0.15) is 11.6 Å². The molecule has 2 amide bonds. The monoisotopic (exact) mass is 327 g/mol. The van der Waals surface area contributed by atoms with E-state index in [0.29, 0.717) is 17.0 Å². The minimum Gasteiger partial charge on any atom is -0.482 e. The Morgan fingerprint density at radius 2 is 2.29 bits per heavy atom.